The third-order valence-electron chi connectivity index (χ3n) is 3.28. The molecule has 21 heavy (non-hydrogen) atoms. The molecule has 0 saturated heterocycles. The zero-order valence-electron chi connectivity index (χ0n) is 11.8. The average molecular weight is 280 g/mol. The maximum atomic E-state index is 11.3. The number of fused-ring (bicyclic) bond motifs is 1. The van der Waals surface area contributed by atoms with E-state index in [2.05, 4.69) is 10.2 Å². The Kier molecular flexibility index (Phi) is 3.69. The molecule has 4 heteroatoms. The summed E-state index contributed by atoms with van der Waals surface area (Å²) in [5.74, 6) is 0.883. The van der Waals surface area contributed by atoms with E-state index in [0.29, 0.717) is 13.0 Å². The van der Waals surface area contributed by atoms with E-state index < -0.39 is 0 Å². The second-order valence-corrected chi connectivity index (χ2v) is 5.03. The Morgan fingerprint density at radius 3 is 2.76 bits per heavy atom. The highest BCUT2D eigenvalue weighted by Gasteiger charge is 2.08. The van der Waals surface area contributed by atoms with Crippen LogP contribution in [0.25, 0.3) is 10.9 Å². The molecule has 0 spiro atoms. The maximum Gasteiger partial charge on any atom is 0.135 e. The first-order valence-corrected chi connectivity index (χ1v) is 6.85. The SMILES string of the molecule is CC(=O)Cc1[nH]nc2ccc(OCc3ccccc3)cc12. The van der Waals surface area contributed by atoms with Gasteiger partial charge in [0.25, 0.3) is 0 Å². The number of Topliss-reactive ketones (excluding diaryl/α,β-unsaturated/α-hetero) is 1. The molecular weight excluding hydrogens is 264 g/mol. The Hall–Kier alpha value is -2.62. The standard InChI is InChI=1S/C17H16N2O2/c1-12(20)9-17-15-10-14(7-8-16(15)18-19-17)21-11-13-5-3-2-4-6-13/h2-8,10H,9,11H2,1H3,(H,18,19). The molecule has 0 aliphatic carbocycles. The van der Waals surface area contributed by atoms with Gasteiger partial charge in [-0.15, -0.1) is 0 Å². The van der Waals surface area contributed by atoms with Crippen LogP contribution in [0.15, 0.2) is 48.5 Å². The summed E-state index contributed by atoms with van der Waals surface area (Å²) < 4.78 is 5.80. The van der Waals surface area contributed by atoms with E-state index in [1.807, 2.05) is 48.5 Å². The molecule has 0 radical (unpaired) electrons. The van der Waals surface area contributed by atoms with E-state index in [0.717, 1.165) is 27.9 Å². The Morgan fingerprint density at radius 1 is 1.19 bits per heavy atom. The van der Waals surface area contributed by atoms with Gasteiger partial charge in [-0.25, -0.2) is 0 Å². The maximum absolute atomic E-state index is 11.3. The van der Waals surface area contributed by atoms with Crippen LogP contribution in [0.4, 0.5) is 0 Å². The van der Waals surface area contributed by atoms with Crippen LogP contribution >= 0.6 is 0 Å². The van der Waals surface area contributed by atoms with Gasteiger partial charge in [0, 0.05) is 11.8 Å². The minimum Gasteiger partial charge on any atom is -0.489 e. The van der Waals surface area contributed by atoms with Crippen molar-refractivity contribution >= 4 is 16.7 Å². The van der Waals surface area contributed by atoms with Crippen molar-refractivity contribution in [3.8, 4) is 5.75 Å². The molecule has 3 aromatic rings. The van der Waals surface area contributed by atoms with Gasteiger partial charge >= 0.3 is 0 Å². The lowest BCUT2D eigenvalue weighted by Gasteiger charge is -2.06. The first-order chi connectivity index (χ1) is 10.2. The Bertz CT molecular complexity index is 763. The second-order valence-electron chi connectivity index (χ2n) is 5.03. The topological polar surface area (TPSA) is 55.0 Å². The molecule has 4 nitrogen and oxygen atoms in total. The van der Waals surface area contributed by atoms with E-state index >= 15 is 0 Å². The molecule has 1 aromatic heterocycles. The van der Waals surface area contributed by atoms with E-state index in [1.54, 1.807) is 6.92 Å². The number of rotatable bonds is 5. The van der Waals surface area contributed by atoms with Crippen LogP contribution in [-0.4, -0.2) is 16.0 Å². The minimum atomic E-state index is 0.108. The molecule has 0 amide bonds. The van der Waals surface area contributed by atoms with E-state index in [-0.39, 0.29) is 5.78 Å². The molecule has 0 fully saturated rings. The highest BCUT2D eigenvalue weighted by Crippen LogP contribution is 2.23. The zero-order chi connectivity index (χ0) is 14.7. The van der Waals surface area contributed by atoms with Crippen molar-refractivity contribution in [2.24, 2.45) is 0 Å². The predicted octanol–water partition coefficient (Wildman–Crippen LogP) is 3.27. The van der Waals surface area contributed by atoms with Crippen LogP contribution in [0.1, 0.15) is 18.2 Å². The Labute approximate surface area is 122 Å². The van der Waals surface area contributed by atoms with Crippen molar-refractivity contribution in [3.63, 3.8) is 0 Å². The molecule has 106 valence electrons. The lowest BCUT2D eigenvalue weighted by atomic mass is 10.1. The molecule has 1 N–H and O–H groups in total. The molecular formula is C17H16N2O2. The third kappa shape index (κ3) is 3.11. The quantitative estimate of drug-likeness (QED) is 0.780. The highest BCUT2D eigenvalue weighted by molar-refractivity contribution is 5.88. The number of hydrogen-bond acceptors (Lipinski definition) is 3. The number of ether oxygens (including phenoxy) is 1. The number of aromatic amines is 1. The van der Waals surface area contributed by atoms with Gasteiger partial charge in [-0.05, 0) is 30.7 Å². The molecule has 3 rings (SSSR count). The van der Waals surface area contributed by atoms with Crippen molar-refractivity contribution in [2.45, 2.75) is 20.0 Å². The summed E-state index contributed by atoms with van der Waals surface area (Å²) in [4.78, 5) is 11.3. The molecule has 0 aliphatic heterocycles. The number of carbonyl (C=O) groups is 1. The number of carbonyl (C=O) groups excluding carboxylic acids is 1. The number of nitrogens with zero attached hydrogens (tertiary/aromatic N) is 1. The number of H-pyrrole nitrogens is 1. The Balaban J connectivity index is 1.81. The van der Waals surface area contributed by atoms with Gasteiger partial charge in [0.05, 0.1) is 11.2 Å². The summed E-state index contributed by atoms with van der Waals surface area (Å²) in [6.45, 7) is 2.09. The monoisotopic (exact) mass is 280 g/mol. The Morgan fingerprint density at radius 2 is 2.00 bits per heavy atom. The van der Waals surface area contributed by atoms with Crippen LogP contribution < -0.4 is 4.74 Å². The van der Waals surface area contributed by atoms with Crippen molar-refractivity contribution in [3.05, 3.63) is 59.8 Å². The van der Waals surface area contributed by atoms with Gasteiger partial charge in [-0.1, -0.05) is 30.3 Å². The molecule has 0 unspecified atom stereocenters. The number of ketones is 1. The summed E-state index contributed by atoms with van der Waals surface area (Å²) in [5.41, 5.74) is 2.80. The summed E-state index contributed by atoms with van der Waals surface area (Å²) in [6.07, 6.45) is 0.360. The third-order valence-corrected chi connectivity index (χ3v) is 3.28. The van der Waals surface area contributed by atoms with Gasteiger partial charge < -0.3 is 4.74 Å². The van der Waals surface area contributed by atoms with Crippen LogP contribution in [0.3, 0.4) is 0 Å². The normalized spacial score (nSPS) is 10.7. The average Bonchev–Trinajstić information content (AvgIpc) is 2.88. The molecule has 0 atom stereocenters. The fourth-order valence-electron chi connectivity index (χ4n) is 2.26. The van der Waals surface area contributed by atoms with Crippen molar-refractivity contribution in [2.75, 3.05) is 0 Å². The van der Waals surface area contributed by atoms with Crippen molar-refractivity contribution in [1.29, 1.82) is 0 Å². The number of nitrogens with one attached hydrogen (secondary N) is 1. The van der Waals surface area contributed by atoms with Crippen molar-refractivity contribution in [1.82, 2.24) is 10.2 Å². The fourth-order valence-corrected chi connectivity index (χ4v) is 2.26. The summed E-state index contributed by atoms with van der Waals surface area (Å²) in [6, 6.07) is 15.7. The minimum absolute atomic E-state index is 0.108. The number of benzene rings is 2. The summed E-state index contributed by atoms with van der Waals surface area (Å²) in [7, 11) is 0. The van der Waals surface area contributed by atoms with Crippen LogP contribution in [0, 0.1) is 0 Å². The van der Waals surface area contributed by atoms with Crippen LogP contribution in [-0.2, 0) is 17.8 Å². The van der Waals surface area contributed by atoms with E-state index in [4.69, 9.17) is 4.74 Å². The van der Waals surface area contributed by atoms with Crippen LogP contribution in [0.2, 0.25) is 0 Å². The second kappa shape index (κ2) is 5.79. The summed E-state index contributed by atoms with van der Waals surface area (Å²) in [5, 5.41) is 8.06. The van der Waals surface area contributed by atoms with Gasteiger partial charge in [0.1, 0.15) is 18.1 Å². The lowest BCUT2D eigenvalue weighted by Crippen LogP contribution is -1.97. The van der Waals surface area contributed by atoms with Gasteiger partial charge in [-0.3, -0.25) is 9.89 Å². The molecule has 1 heterocycles. The lowest BCUT2D eigenvalue weighted by molar-refractivity contribution is -0.116. The number of aromatic nitrogens is 2. The largest absolute Gasteiger partial charge is 0.489 e. The van der Waals surface area contributed by atoms with Crippen molar-refractivity contribution < 1.29 is 9.53 Å². The van der Waals surface area contributed by atoms with Gasteiger partial charge in [-0.2, -0.15) is 5.10 Å². The first-order valence-electron chi connectivity index (χ1n) is 6.85. The van der Waals surface area contributed by atoms with E-state index in [9.17, 15) is 4.79 Å². The van der Waals surface area contributed by atoms with Gasteiger partial charge in [0.15, 0.2) is 0 Å². The fraction of sp³-hybridized carbons (Fsp3) is 0.176. The number of hydrogen-bond donors (Lipinski definition) is 1. The molecule has 2 aromatic carbocycles. The first kappa shape index (κ1) is 13.4. The molecule has 0 aliphatic rings. The summed E-state index contributed by atoms with van der Waals surface area (Å²) >= 11 is 0. The molecule has 0 saturated carbocycles. The van der Waals surface area contributed by atoms with Gasteiger partial charge in [0.2, 0.25) is 0 Å². The molecule has 0 bridgehead atoms. The van der Waals surface area contributed by atoms with Crippen LogP contribution in [0.5, 0.6) is 5.75 Å². The zero-order valence-corrected chi connectivity index (χ0v) is 11.8. The predicted molar refractivity (Wildman–Crippen MR) is 81.3 cm³/mol. The highest BCUT2D eigenvalue weighted by atomic mass is 16.5. The smallest absolute Gasteiger partial charge is 0.135 e. The van der Waals surface area contributed by atoms with E-state index in [1.165, 1.54) is 0 Å².